The third-order valence-electron chi connectivity index (χ3n) is 3.64. The number of carbonyl (C=O) groups excluding carboxylic acids is 1. The van der Waals surface area contributed by atoms with Gasteiger partial charge in [0.25, 0.3) is 5.91 Å². The Morgan fingerprint density at radius 2 is 2.05 bits per heavy atom. The molecule has 1 amide bonds. The Morgan fingerprint density at radius 3 is 2.64 bits per heavy atom. The summed E-state index contributed by atoms with van der Waals surface area (Å²) >= 11 is 8.35. The molecule has 2 aromatic rings. The second kappa shape index (κ2) is 7.21. The molecular formula is C15H15Br2N3OS. The first-order valence-electron chi connectivity index (χ1n) is 6.99. The lowest BCUT2D eigenvalue weighted by atomic mass is 10.2. The number of amides is 1. The molecule has 0 spiro atoms. The Labute approximate surface area is 150 Å². The summed E-state index contributed by atoms with van der Waals surface area (Å²) in [6.07, 6.45) is 3.69. The summed E-state index contributed by atoms with van der Waals surface area (Å²) in [7, 11) is 0. The lowest BCUT2D eigenvalue weighted by Gasteiger charge is -2.34. The number of carbonyl (C=O) groups is 1. The van der Waals surface area contributed by atoms with Crippen molar-refractivity contribution in [1.29, 1.82) is 0 Å². The molecule has 0 unspecified atom stereocenters. The van der Waals surface area contributed by atoms with Crippen molar-refractivity contribution >= 4 is 49.1 Å². The van der Waals surface area contributed by atoms with Gasteiger partial charge in [-0.25, -0.2) is 0 Å². The van der Waals surface area contributed by atoms with E-state index in [1.54, 1.807) is 6.20 Å². The lowest BCUT2D eigenvalue weighted by molar-refractivity contribution is 0.0633. The quantitative estimate of drug-likeness (QED) is 0.725. The maximum absolute atomic E-state index is 12.5. The number of hydrogen-bond donors (Lipinski definition) is 0. The van der Waals surface area contributed by atoms with Crippen LogP contribution in [0.1, 0.15) is 15.2 Å². The van der Waals surface area contributed by atoms with E-state index in [-0.39, 0.29) is 5.91 Å². The molecule has 22 heavy (non-hydrogen) atoms. The number of piperazine rings is 1. The highest BCUT2D eigenvalue weighted by molar-refractivity contribution is 9.13. The van der Waals surface area contributed by atoms with Crippen LogP contribution >= 0.6 is 43.2 Å². The molecule has 4 nitrogen and oxygen atoms in total. The van der Waals surface area contributed by atoms with Gasteiger partial charge in [0.1, 0.15) is 0 Å². The van der Waals surface area contributed by atoms with E-state index in [0.29, 0.717) is 0 Å². The van der Waals surface area contributed by atoms with Crippen molar-refractivity contribution in [3.63, 3.8) is 0 Å². The van der Waals surface area contributed by atoms with E-state index in [9.17, 15) is 4.79 Å². The van der Waals surface area contributed by atoms with Crippen molar-refractivity contribution in [3.05, 3.63) is 49.3 Å². The number of halogens is 2. The van der Waals surface area contributed by atoms with Gasteiger partial charge < -0.3 is 4.90 Å². The highest BCUT2D eigenvalue weighted by Gasteiger charge is 2.23. The molecule has 7 heteroatoms. The summed E-state index contributed by atoms with van der Waals surface area (Å²) in [4.78, 5) is 21.7. The fraction of sp³-hybridized carbons (Fsp3) is 0.333. The van der Waals surface area contributed by atoms with Gasteiger partial charge in [-0.2, -0.15) is 0 Å². The fourth-order valence-electron chi connectivity index (χ4n) is 2.47. The molecular weight excluding hydrogens is 430 g/mol. The Bertz CT molecular complexity index is 635. The molecule has 0 radical (unpaired) electrons. The Kier molecular flexibility index (Phi) is 5.28. The standard InChI is InChI=1S/C15H15Br2N3OS/c16-12-8-13(22-14(12)17)15(21)20-6-4-19(5-7-20)10-11-2-1-3-18-9-11/h1-3,8-9H,4-7,10H2. The van der Waals surface area contributed by atoms with Crippen LogP contribution < -0.4 is 0 Å². The lowest BCUT2D eigenvalue weighted by Crippen LogP contribution is -2.48. The summed E-state index contributed by atoms with van der Waals surface area (Å²) in [5.74, 6) is 0.123. The largest absolute Gasteiger partial charge is 0.335 e. The van der Waals surface area contributed by atoms with E-state index >= 15 is 0 Å². The van der Waals surface area contributed by atoms with Crippen LogP contribution in [0.3, 0.4) is 0 Å². The van der Waals surface area contributed by atoms with Crippen LogP contribution in [0, 0.1) is 0 Å². The highest BCUT2D eigenvalue weighted by atomic mass is 79.9. The SMILES string of the molecule is O=C(c1cc(Br)c(Br)s1)N1CCN(Cc2cccnc2)CC1. The van der Waals surface area contributed by atoms with Crippen LogP contribution in [-0.4, -0.2) is 46.9 Å². The second-order valence-corrected chi connectivity index (χ2v) is 8.39. The van der Waals surface area contributed by atoms with Crippen LogP contribution in [0.25, 0.3) is 0 Å². The molecule has 0 saturated carbocycles. The normalized spacial score (nSPS) is 16.0. The third kappa shape index (κ3) is 3.76. The minimum absolute atomic E-state index is 0.123. The molecule has 0 N–H and O–H groups in total. The molecule has 1 saturated heterocycles. The summed E-state index contributed by atoms with van der Waals surface area (Å²) in [5.41, 5.74) is 1.22. The third-order valence-corrected chi connectivity index (χ3v) is 6.89. The smallest absolute Gasteiger partial charge is 0.264 e. The van der Waals surface area contributed by atoms with Gasteiger partial charge in [-0.15, -0.1) is 11.3 Å². The topological polar surface area (TPSA) is 36.4 Å². The molecule has 2 aromatic heterocycles. The van der Waals surface area contributed by atoms with Crippen molar-refractivity contribution in [2.75, 3.05) is 26.2 Å². The van der Waals surface area contributed by atoms with Crippen LogP contribution in [-0.2, 0) is 6.54 Å². The fourth-order valence-corrected chi connectivity index (χ4v) is 4.47. The van der Waals surface area contributed by atoms with Crippen LogP contribution in [0.15, 0.2) is 38.9 Å². The minimum atomic E-state index is 0.123. The zero-order valence-corrected chi connectivity index (χ0v) is 15.8. The van der Waals surface area contributed by atoms with Gasteiger partial charge in [0.15, 0.2) is 0 Å². The number of hydrogen-bond acceptors (Lipinski definition) is 4. The van der Waals surface area contributed by atoms with Gasteiger partial charge in [-0.3, -0.25) is 14.7 Å². The first kappa shape index (κ1) is 16.1. The van der Waals surface area contributed by atoms with E-state index in [1.807, 2.05) is 23.2 Å². The molecule has 1 aliphatic rings. The van der Waals surface area contributed by atoms with Gasteiger partial charge in [0, 0.05) is 49.6 Å². The molecule has 0 aliphatic carbocycles. The van der Waals surface area contributed by atoms with Crippen molar-refractivity contribution in [2.24, 2.45) is 0 Å². The first-order chi connectivity index (χ1) is 10.6. The zero-order valence-electron chi connectivity index (χ0n) is 11.8. The number of thiophene rings is 1. The summed E-state index contributed by atoms with van der Waals surface area (Å²) in [6, 6.07) is 5.94. The Morgan fingerprint density at radius 1 is 1.27 bits per heavy atom. The number of nitrogens with zero attached hydrogens (tertiary/aromatic N) is 3. The molecule has 1 fully saturated rings. The van der Waals surface area contributed by atoms with Gasteiger partial charge in [0.2, 0.25) is 0 Å². The number of rotatable bonds is 3. The average molecular weight is 445 g/mol. The van der Waals surface area contributed by atoms with Gasteiger partial charge in [-0.1, -0.05) is 6.07 Å². The Hall–Kier alpha value is -0.760. The van der Waals surface area contributed by atoms with E-state index in [1.165, 1.54) is 16.9 Å². The van der Waals surface area contributed by atoms with E-state index in [4.69, 9.17) is 0 Å². The second-order valence-electron chi connectivity index (χ2n) is 5.16. The minimum Gasteiger partial charge on any atom is -0.335 e. The van der Waals surface area contributed by atoms with Gasteiger partial charge in [-0.05, 0) is 49.6 Å². The Balaban J connectivity index is 1.56. The van der Waals surface area contributed by atoms with E-state index in [0.717, 1.165) is 45.9 Å². The summed E-state index contributed by atoms with van der Waals surface area (Å²) in [6.45, 7) is 4.23. The predicted octanol–water partition coefficient (Wildman–Crippen LogP) is 3.63. The van der Waals surface area contributed by atoms with Crippen LogP contribution in [0.5, 0.6) is 0 Å². The maximum Gasteiger partial charge on any atom is 0.264 e. The molecule has 0 aromatic carbocycles. The molecule has 0 bridgehead atoms. The number of pyridine rings is 1. The predicted molar refractivity (Wildman–Crippen MR) is 95.1 cm³/mol. The molecule has 3 rings (SSSR count). The number of aromatic nitrogens is 1. The molecule has 116 valence electrons. The van der Waals surface area contributed by atoms with Crippen LogP contribution in [0.4, 0.5) is 0 Å². The highest BCUT2D eigenvalue weighted by Crippen LogP contribution is 2.33. The van der Waals surface area contributed by atoms with Crippen molar-refractivity contribution in [2.45, 2.75) is 6.54 Å². The zero-order chi connectivity index (χ0) is 15.5. The van der Waals surface area contributed by atoms with Crippen molar-refractivity contribution in [3.8, 4) is 0 Å². The molecule has 3 heterocycles. The van der Waals surface area contributed by atoms with Gasteiger partial charge in [0.05, 0.1) is 8.66 Å². The summed E-state index contributed by atoms with van der Waals surface area (Å²) in [5, 5.41) is 0. The van der Waals surface area contributed by atoms with E-state index in [2.05, 4.69) is 47.8 Å². The summed E-state index contributed by atoms with van der Waals surface area (Å²) < 4.78 is 1.90. The maximum atomic E-state index is 12.5. The average Bonchev–Trinajstić information content (AvgIpc) is 2.88. The monoisotopic (exact) mass is 443 g/mol. The van der Waals surface area contributed by atoms with Gasteiger partial charge >= 0.3 is 0 Å². The molecule has 1 aliphatic heterocycles. The first-order valence-corrected chi connectivity index (χ1v) is 9.39. The van der Waals surface area contributed by atoms with Crippen LogP contribution in [0.2, 0.25) is 0 Å². The van der Waals surface area contributed by atoms with Crippen molar-refractivity contribution in [1.82, 2.24) is 14.8 Å². The van der Waals surface area contributed by atoms with Crippen molar-refractivity contribution < 1.29 is 4.79 Å². The molecule has 0 atom stereocenters. The van der Waals surface area contributed by atoms with E-state index < -0.39 is 0 Å².